The number of rotatable bonds is 5. The molecule has 0 spiro atoms. The second kappa shape index (κ2) is 8.68. The van der Waals surface area contributed by atoms with Gasteiger partial charge in [-0.25, -0.2) is 0 Å². The predicted molar refractivity (Wildman–Crippen MR) is 131 cm³/mol. The van der Waals surface area contributed by atoms with Crippen LogP contribution in [0.1, 0.15) is 11.1 Å². The van der Waals surface area contributed by atoms with Crippen LogP contribution in [0.3, 0.4) is 0 Å². The maximum absolute atomic E-state index is 9.96. The Kier molecular flexibility index (Phi) is 5.80. The van der Waals surface area contributed by atoms with Crippen LogP contribution in [0, 0.1) is 13.8 Å². The number of benzene rings is 4. The van der Waals surface area contributed by atoms with Gasteiger partial charge in [-0.2, -0.15) is 0 Å². The fourth-order valence-electron chi connectivity index (χ4n) is 4.00. The smallest absolute Gasteiger partial charge is 0.423 e. The van der Waals surface area contributed by atoms with E-state index in [0.29, 0.717) is 11.2 Å². The molecule has 5 N–H and O–H groups in total. The highest BCUT2D eigenvalue weighted by molar-refractivity contribution is 6.60. The van der Waals surface area contributed by atoms with Gasteiger partial charge in [0, 0.05) is 11.1 Å². The molecular formula is C26H25BN2O2. The fourth-order valence-corrected chi connectivity index (χ4v) is 4.00. The molecule has 0 bridgehead atoms. The molecule has 0 aliphatic rings. The van der Waals surface area contributed by atoms with E-state index in [2.05, 4.69) is 43.4 Å². The lowest BCUT2D eigenvalue weighted by Crippen LogP contribution is -2.31. The molecule has 4 aromatic carbocycles. The Hall–Kier alpha value is -3.54. The zero-order chi connectivity index (χ0) is 22.0. The van der Waals surface area contributed by atoms with Crippen molar-refractivity contribution in [2.75, 3.05) is 11.1 Å². The summed E-state index contributed by atoms with van der Waals surface area (Å²) in [5.41, 5.74) is 15.0. The van der Waals surface area contributed by atoms with Crippen LogP contribution in [0.15, 0.2) is 84.9 Å². The standard InChI is InChI=1S/C26H25BN2O2/c1-17-14-18(2)16-19(15-17)20-9-7-10-22(21-8-3-4-11-23(21)27(30)31)26(20)29-25-13-6-5-12-24(25)28/h3-16,29-31H,28H2,1-2H3. The van der Waals surface area contributed by atoms with Crippen LogP contribution < -0.4 is 16.5 Å². The van der Waals surface area contributed by atoms with Crippen LogP contribution in [-0.2, 0) is 0 Å². The average Bonchev–Trinajstić information content (AvgIpc) is 2.74. The first-order valence-corrected chi connectivity index (χ1v) is 10.2. The fraction of sp³-hybridized carbons (Fsp3) is 0.0769. The molecule has 0 fully saturated rings. The Morgan fingerprint density at radius 1 is 0.710 bits per heavy atom. The third-order valence-electron chi connectivity index (χ3n) is 5.35. The van der Waals surface area contributed by atoms with Gasteiger partial charge in [-0.05, 0) is 42.6 Å². The molecule has 0 saturated heterocycles. The minimum Gasteiger partial charge on any atom is -0.423 e. The van der Waals surface area contributed by atoms with Gasteiger partial charge in [0.25, 0.3) is 0 Å². The van der Waals surface area contributed by atoms with Gasteiger partial charge in [0.05, 0.1) is 17.1 Å². The summed E-state index contributed by atoms with van der Waals surface area (Å²) in [4.78, 5) is 0. The van der Waals surface area contributed by atoms with Crippen molar-refractivity contribution in [2.24, 2.45) is 0 Å². The number of hydrogen-bond acceptors (Lipinski definition) is 4. The molecule has 5 heteroatoms. The summed E-state index contributed by atoms with van der Waals surface area (Å²) in [5, 5.41) is 23.5. The predicted octanol–water partition coefficient (Wildman–Crippen LogP) is 4.64. The van der Waals surface area contributed by atoms with Crippen molar-refractivity contribution in [1.82, 2.24) is 0 Å². The maximum Gasteiger partial charge on any atom is 0.489 e. The van der Waals surface area contributed by atoms with Gasteiger partial charge in [0.1, 0.15) is 0 Å². The van der Waals surface area contributed by atoms with Crippen LogP contribution in [0.5, 0.6) is 0 Å². The first kappa shape index (κ1) is 20.7. The highest BCUT2D eigenvalue weighted by atomic mass is 16.4. The quantitative estimate of drug-likeness (QED) is 0.287. The number of hydrogen-bond donors (Lipinski definition) is 4. The second-order valence-corrected chi connectivity index (χ2v) is 7.78. The molecular weight excluding hydrogens is 383 g/mol. The minimum atomic E-state index is -1.57. The largest absolute Gasteiger partial charge is 0.489 e. The molecule has 4 nitrogen and oxygen atoms in total. The zero-order valence-corrected chi connectivity index (χ0v) is 17.6. The molecule has 0 saturated carbocycles. The number of nitrogens with one attached hydrogen (secondary N) is 1. The molecule has 154 valence electrons. The van der Waals surface area contributed by atoms with Gasteiger partial charge in [0.15, 0.2) is 0 Å². The normalized spacial score (nSPS) is 10.7. The third kappa shape index (κ3) is 4.33. The van der Waals surface area contributed by atoms with E-state index in [1.807, 2.05) is 48.5 Å². The summed E-state index contributed by atoms with van der Waals surface area (Å²) in [5.74, 6) is 0. The molecule has 4 rings (SSSR count). The van der Waals surface area contributed by atoms with E-state index < -0.39 is 7.12 Å². The molecule has 0 atom stereocenters. The van der Waals surface area contributed by atoms with E-state index in [1.165, 1.54) is 11.1 Å². The first-order chi connectivity index (χ1) is 14.9. The highest BCUT2D eigenvalue weighted by Crippen LogP contribution is 2.39. The van der Waals surface area contributed by atoms with Crippen LogP contribution >= 0.6 is 0 Å². The third-order valence-corrected chi connectivity index (χ3v) is 5.35. The lowest BCUT2D eigenvalue weighted by atomic mass is 9.75. The molecule has 0 radical (unpaired) electrons. The van der Waals surface area contributed by atoms with E-state index in [1.54, 1.807) is 12.1 Å². The molecule has 0 aromatic heterocycles. The number of nitrogen functional groups attached to an aromatic ring is 1. The van der Waals surface area contributed by atoms with Crippen molar-refractivity contribution in [2.45, 2.75) is 13.8 Å². The molecule has 0 aliphatic heterocycles. The molecule has 4 aromatic rings. The first-order valence-electron chi connectivity index (χ1n) is 10.2. The van der Waals surface area contributed by atoms with Crippen molar-refractivity contribution in [1.29, 1.82) is 0 Å². The lowest BCUT2D eigenvalue weighted by molar-refractivity contribution is 0.426. The molecule has 0 amide bonds. The Balaban J connectivity index is 1.99. The Morgan fingerprint density at radius 2 is 1.32 bits per heavy atom. The van der Waals surface area contributed by atoms with Gasteiger partial charge in [-0.3, -0.25) is 0 Å². The number of aryl methyl sites for hydroxylation is 2. The van der Waals surface area contributed by atoms with Crippen LogP contribution in [0.2, 0.25) is 0 Å². The summed E-state index contributed by atoms with van der Waals surface area (Å²) in [6.07, 6.45) is 0. The monoisotopic (exact) mass is 408 g/mol. The van der Waals surface area contributed by atoms with E-state index in [0.717, 1.165) is 33.6 Å². The average molecular weight is 408 g/mol. The highest BCUT2D eigenvalue weighted by Gasteiger charge is 2.20. The van der Waals surface area contributed by atoms with Crippen LogP contribution in [0.4, 0.5) is 17.1 Å². The topological polar surface area (TPSA) is 78.5 Å². The van der Waals surface area contributed by atoms with Crippen molar-refractivity contribution in [3.63, 3.8) is 0 Å². The zero-order valence-electron chi connectivity index (χ0n) is 17.6. The minimum absolute atomic E-state index is 0.448. The van der Waals surface area contributed by atoms with Gasteiger partial charge in [0.2, 0.25) is 0 Å². The van der Waals surface area contributed by atoms with E-state index in [4.69, 9.17) is 5.73 Å². The summed E-state index contributed by atoms with van der Waals surface area (Å²) in [6, 6.07) is 27.4. The molecule has 0 unspecified atom stereocenters. The maximum atomic E-state index is 9.96. The Morgan fingerprint density at radius 3 is 2.03 bits per heavy atom. The Bertz CT molecular complexity index is 1220. The van der Waals surface area contributed by atoms with Gasteiger partial charge >= 0.3 is 7.12 Å². The van der Waals surface area contributed by atoms with Crippen molar-refractivity contribution in [3.05, 3.63) is 96.1 Å². The summed E-state index contributed by atoms with van der Waals surface area (Å²) < 4.78 is 0. The molecule has 31 heavy (non-hydrogen) atoms. The van der Waals surface area contributed by atoms with Crippen molar-refractivity contribution < 1.29 is 10.0 Å². The number of para-hydroxylation sites is 3. The van der Waals surface area contributed by atoms with Crippen LogP contribution in [0.25, 0.3) is 22.3 Å². The lowest BCUT2D eigenvalue weighted by Gasteiger charge is -2.20. The molecule has 0 aliphatic carbocycles. The van der Waals surface area contributed by atoms with Crippen LogP contribution in [-0.4, -0.2) is 17.2 Å². The summed E-state index contributed by atoms with van der Waals surface area (Å²) in [6.45, 7) is 4.17. The van der Waals surface area contributed by atoms with Gasteiger partial charge in [-0.15, -0.1) is 0 Å². The van der Waals surface area contributed by atoms with Gasteiger partial charge in [-0.1, -0.05) is 83.9 Å². The van der Waals surface area contributed by atoms with Crippen molar-refractivity contribution in [3.8, 4) is 22.3 Å². The number of anilines is 3. The Labute approximate surface area is 183 Å². The second-order valence-electron chi connectivity index (χ2n) is 7.78. The summed E-state index contributed by atoms with van der Waals surface area (Å²) >= 11 is 0. The van der Waals surface area contributed by atoms with E-state index in [-0.39, 0.29) is 0 Å². The van der Waals surface area contributed by atoms with Crippen molar-refractivity contribution >= 4 is 29.6 Å². The molecule has 0 heterocycles. The SMILES string of the molecule is Cc1cc(C)cc(-c2cccc(-c3ccccc3B(O)O)c2Nc2ccccc2N)c1. The number of nitrogens with two attached hydrogens (primary N) is 1. The summed E-state index contributed by atoms with van der Waals surface area (Å²) in [7, 11) is -1.57. The van der Waals surface area contributed by atoms with Gasteiger partial charge < -0.3 is 21.1 Å². The van der Waals surface area contributed by atoms with E-state index in [9.17, 15) is 10.0 Å². The van der Waals surface area contributed by atoms with E-state index >= 15 is 0 Å².